The third kappa shape index (κ3) is 4.70. The number of aromatic nitrogens is 1. The molecule has 158 valence electrons. The molecule has 0 aliphatic carbocycles. The first-order valence-corrected chi connectivity index (χ1v) is 10.6. The van der Waals surface area contributed by atoms with E-state index in [0.717, 1.165) is 5.69 Å². The van der Waals surface area contributed by atoms with Gasteiger partial charge in [-0.05, 0) is 48.5 Å². The Labute approximate surface area is 191 Å². The van der Waals surface area contributed by atoms with Gasteiger partial charge in [0.2, 0.25) is 5.91 Å². The van der Waals surface area contributed by atoms with Crippen LogP contribution in [0.25, 0.3) is 27.8 Å². The number of rotatable bonds is 5. The van der Waals surface area contributed by atoms with Crippen LogP contribution in [0.4, 0.5) is 11.4 Å². The lowest BCUT2D eigenvalue weighted by molar-refractivity contribution is -0.114. The molecular weight excluding hydrogens is 448 g/mol. The number of fused-ring (bicyclic) bond motifs is 1. The minimum atomic E-state index is -0.517. The van der Waals surface area contributed by atoms with Crippen LogP contribution < -0.4 is 16.3 Å². The predicted octanol–water partition coefficient (Wildman–Crippen LogP) is 5.50. The van der Waals surface area contributed by atoms with Gasteiger partial charge in [0.1, 0.15) is 22.2 Å². The standard InChI is InChI=1S/C23H15ClN4O3S/c1-13(29)27-18-5-3-17(4-6-18)26-11-15(10-25)22-28-20(12-32-22)19-9-14-8-16(24)2-7-21(14)31-23(19)30/h2-9,11-12,26H,1H3,(H,27,29)/b15-11+. The average Bonchev–Trinajstić information content (AvgIpc) is 3.24. The molecule has 32 heavy (non-hydrogen) atoms. The fourth-order valence-corrected chi connectivity index (χ4v) is 3.91. The van der Waals surface area contributed by atoms with Crippen LogP contribution in [0.5, 0.6) is 0 Å². The van der Waals surface area contributed by atoms with Crippen LogP contribution in [0.1, 0.15) is 11.9 Å². The second kappa shape index (κ2) is 9.06. The topological polar surface area (TPSA) is 108 Å². The molecule has 4 aromatic rings. The van der Waals surface area contributed by atoms with E-state index in [0.29, 0.717) is 43.5 Å². The van der Waals surface area contributed by atoms with Crippen LogP contribution in [-0.4, -0.2) is 10.9 Å². The van der Waals surface area contributed by atoms with Crippen molar-refractivity contribution in [1.82, 2.24) is 4.98 Å². The van der Waals surface area contributed by atoms with Gasteiger partial charge in [-0.1, -0.05) is 11.6 Å². The summed E-state index contributed by atoms with van der Waals surface area (Å²) in [5, 5.41) is 18.7. The van der Waals surface area contributed by atoms with Crippen LogP contribution in [0.2, 0.25) is 5.02 Å². The quantitative estimate of drug-likeness (QED) is 0.299. The highest BCUT2D eigenvalue weighted by Gasteiger charge is 2.14. The number of anilines is 2. The molecule has 1 amide bonds. The molecule has 0 atom stereocenters. The average molecular weight is 463 g/mol. The van der Waals surface area contributed by atoms with E-state index >= 15 is 0 Å². The fourth-order valence-electron chi connectivity index (χ4n) is 2.94. The maximum absolute atomic E-state index is 12.4. The van der Waals surface area contributed by atoms with Gasteiger partial charge in [0.15, 0.2) is 0 Å². The highest BCUT2D eigenvalue weighted by atomic mass is 35.5. The Balaban J connectivity index is 1.58. The number of carbonyl (C=O) groups excluding carboxylic acids is 1. The fraction of sp³-hybridized carbons (Fsp3) is 0.0435. The molecule has 0 unspecified atom stereocenters. The lowest BCUT2D eigenvalue weighted by Crippen LogP contribution is -2.05. The molecule has 2 heterocycles. The lowest BCUT2D eigenvalue weighted by Gasteiger charge is -2.04. The summed E-state index contributed by atoms with van der Waals surface area (Å²) in [7, 11) is 0. The molecule has 7 nitrogen and oxygen atoms in total. The minimum absolute atomic E-state index is 0.152. The summed E-state index contributed by atoms with van der Waals surface area (Å²) in [6, 6.07) is 15.8. The van der Waals surface area contributed by atoms with E-state index in [9.17, 15) is 14.9 Å². The van der Waals surface area contributed by atoms with E-state index in [1.165, 1.54) is 18.3 Å². The summed E-state index contributed by atoms with van der Waals surface area (Å²) in [5.41, 5.74) is 2.34. The number of carbonyl (C=O) groups is 1. The van der Waals surface area contributed by atoms with Gasteiger partial charge in [0.25, 0.3) is 0 Å². The smallest absolute Gasteiger partial charge is 0.345 e. The summed E-state index contributed by atoms with van der Waals surface area (Å²) >= 11 is 7.28. The molecule has 0 aliphatic rings. The molecule has 0 spiro atoms. The van der Waals surface area contributed by atoms with Crippen molar-refractivity contribution in [3.8, 4) is 17.3 Å². The van der Waals surface area contributed by atoms with Gasteiger partial charge in [-0.25, -0.2) is 9.78 Å². The van der Waals surface area contributed by atoms with Crippen molar-refractivity contribution in [1.29, 1.82) is 5.26 Å². The predicted molar refractivity (Wildman–Crippen MR) is 127 cm³/mol. The Morgan fingerprint density at radius 1 is 1.19 bits per heavy atom. The van der Waals surface area contributed by atoms with Gasteiger partial charge in [-0.3, -0.25) is 4.79 Å². The number of amides is 1. The highest BCUT2D eigenvalue weighted by molar-refractivity contribution is 7.11. The Hall–Kier alpha value is -3.93. The SMILES string of the molecule is CC(=O)Nc1ccc(N/C=C(\C#N)c2nc(-c3cc4cc(Cl)ccc4oc3=O)cs2)cc1. The number of halogens is 1. The van der Waals surface area contributed by atoms with Crippen LogP contribution in [0.3, 0.4) is 0 Å². The van der Waals surface area contributed by atoms with Gasteiger partial charge in [-0.2, -0.15) is 5.26 Å². The van der Waals surface area contributed by atoms with Crippen LogP contribution in [0.15, 0.2) is 69.3 Å². The van der Waals surface area contributed by atoms with E-state index in [2.05, 4.69) is 21.7 Å². The van der Waals surface area contributed by atoms with Gasteiger partial charge in [0.05, 0.1) is 11.3 Å². The van der Waals surface area contributed by atoms with Gasteiger partial charge in [0, 0.05) is 40.3 Å². The molecule has 0 saturated carbocycles. The number of nitriles is 1. The summed E-state index contributed by atoms with van der Waals surface area (Å²) in [6.45, 7) is 1.44. The molecule has 0 saturated heterocycles. The first-order valence-electron chi connectivity index (χ1n) is 9.37. The number of thiazole rings is 1. The van der Waals surface area contributed by atoms with Crippen molar-refractivity contribution in [2.45, 2.75) is 6.92 Å². The first kappa shape index (κ1) is 21.3. The second-order valence-electron chi connectivity index (χ2n) is 6.74. The van der Waals surface area contributed by atoms with Crippen molar-refractivity contribution in [3.05, 3.63) is 80.6 Å². The summed E-state index contributed by atoms with van der Waals surface area (Å²) in [4.78, 5) is 28.0. The molecule has 0 fully saturated rings. The number of hydrogen-bond acceptors (Lipinski definition) is 7. The molecule has 4 rings (SSSR count). The molecule has 2 aromatic carbocycles. The third-order valence-electron chi connectivity index (χ3n) is 4.41. The van der Waals surface area contributed by atoms with Gasteiger partial charge < -0.3 is 15.1 Å². The Kier molecular flexibility index (Phi) is 6.03. The molecule has 2 aromatic heterocycles. The van der Waals surface area contributed by atoms with Gasteiger partial charge in [-0.15, -0.1) is 11.3 Å². The molecule has 2 N–H and O–H groups in total. The molecule has 0 bridgehead atoms. The summed E-state index contributed by atoms with van der Waals surface area (Å²) in [5.74, 6) is -0.152. The van der Waals surface area contributed by atoms with Crippen LogP contribution >= 0.6 is 22.9 Å². The second-order valence-corrected chi connectivity index (χ2v) is 8.03. The van der Waals surface area contributed by atoms with E-state index < -0.39 is 5.63 Å². The Morgan fingerprint density at radius 2 is 1.94 bits per heavy atom. The monoisotopic (exact) mass is 462 g/mol. The third-order valence-corrected chi connectivity index (χ3v) is 5.52. The molecule has 0 radical (unpaired) electrons. The maximum Gasteiger partial charge on any atom is 0.345 e. The van der Waals surface area contributed by atoms with Crippen LogP contribution in [0, 0.1) is 11.3 Å². The maximum atomic E-state index is 12.4. The number of nitrogens with one attached hydrogen (secondary N) is 2. The number of allylic oxidation sites excluding steroid dienone is 1. The number of nitrogens with zero attached hydrogens (tertiary/aromatic N) is 2. The largest absolute Gasteiger partial charge is 0.422 e. The normalized spacial score (nSPS) is 11.2. The van der Waals surface area contributed by atoms with E-state index in [-0.39, 0.29) is 5.91 Å². The van der Waals surface area contributed by atoms with Crippen molar-refractivity contribution in [3.63, 3.8) is 0 Å². The lowest BCUT2D eigenvalue weighted by atomic mass is 10.1. The molecule has 9 heteroatoms. The Bertz CT molecular complexity index is 1450. The van der Waals surface area contributed by atoms with Crippen molar-refractivity contribution in [2.75, 3.05) is 10.6 Å². The Morgan fingerprint density at radius 3 is 2.66 bits per heavy atom. The number of benzene rings is 2. The summed E-state index contributed by atoms with van der Waals surface area (Å²) < 4.78 is 5.37. The number of hydrogen-bond donors (Lipinski definition) is 2. The van der Waals surface area contributed by atoms with Crippen molar-refractivity contribution >= 4 is 56.8 Å². The van der Waals surface area contributed by atoms with Gasteiger partial charge >= 0.3 is 5.63 Å². The molecular formula is C23H15ClN4O3S. The minimum Gasteiger partial charge on any atom is -0.422 e. The van der Waals surface area contributed by atoms with Crippen LogP contribution in [-0.2, 0) is 4.79 Å². The molecule has 0 aliphatic heterocycles. The zero-order valence-corrected chi connectivity index (χ0v) is 18.3. The van der Waals surface area contributed by atoms with E-state index in [1.54, 1.807) is 60.1 Å². The van der Waals surface area contributed by atoms with E-state index in [4.69, 9.17) is 16.0 Å². The zero-order chi connectivity index (χ0) is 22.7. The highest BCUT2D eigenvalue weighted by Crippen LogP contribution is 2.27. The first-order chi connectivity index (χ1) is 15.4. The van der Waals surface area contributed by atoms with E-state index in [1.807, 2.05) is 0 Å². The van der Waals surface area contributed by atoms with Crippen molar-refractivity contribution < 1.29 is 9.21 Å². The summed E-state index contributed by atoms with van der Waals surface area (Å²) in [6.07, 6.45) is 1.54. The zero-order valence-electron chi connectivity index (χ0n) is 16.7. The van der Waals surface area contributed by atoms with Crippen molar-refractivity contribution in [2.24, 2.45) is 0 Å².